The number of carbonyl (C=O) groups is 2. The summed E-state index contributed by atoms with van der Waals surface area (Å²) in [5.74, 6) is 0.847. The van der Waals surface area contributed by atoms with Crippen LogP contribution in [0.3, 0.4) is 0 Å². The molecule has 0 aliphatic rings. The molecule has 0 aliphatic heterocycles. The summed E-state index contributed by atoms with van der Waals surface area (Å²) in [4.78, 5) is 42.9. The highest BCUT2D eigenvalue weighted by Crippen LogP contribution is 2.36. The molecule has 0 saturated heterocycles. The molecule has 0 fully saturated rings. The van der Waals surface area contributed by atoms with E-state index in [0.717, 1.165) is 43.9 Å². The Bertz CT molecular complexity index is 860. The topological polar surface area (TPSA) is 119 Å². The first-order valence-electron chi connectivity index (χ1n) is 22.6. The van der Waals surface area contributed by atoms with E-state index in [1.54, 1.807) is 0 Å². The summed E-state index contributed by atoms with van der Waals surface area (Å²) < 4.78 is 26.5. The molecule has 2 atom stereocenters. The lowest BCUT2D eigenvalue weighted by atomic mass is 9.99. The van der Waals surface area contributed by atoms with Crippen molar-refractivity contribution in [3.05, 3.63) is 0 Å². The molecule has 0 aliphatic carbocycles. The predicted molar refractivity (Wildman–Crippen MR) is 221 cm³/mol. The minimum Gasteiger partial charge on any atom is -0.462 e. The summed E-state index contributed by atoms with van der Waals surface area (Å²) in [7, 11) is -4.75. The van der Waals surface area contributed by atoms with Gasteiger partial charge in [0.2, 0.25) is 0 Å². The number of ether oxygens (including phenoxy) is 2. The smallest absolute Gasteiger partial charge is 0.462 e. The zero-order valence-corrected chi connectivity index (χ0v) is 36.2. The number of phosphoric ester groups is 1. The molecule has 0 aromatic rings. The van der Waals surface area contributed by atoms with Crippen LogP contribution in [0.15, 0.2) is 0 Å². The molecular formula is C44H87O8P. The highest BCUT2D eigenvalue weighted by molar-refractivity contribution is 7.46. The van der Waals surface area contributed by atoms with Crippen LogP contribution in [0.1, 0.15) is 240 Å². The fourth-order valence-corrected chi connectivity index (χ4v) is 7.19. The van der Waals surface area contributed by atoms with Gasteiger partial charge in [-0.25, -0.2) is 4.57 Å². The van der Waals surface area contributed by atoms with E-state index in [9.17, 15) is 14.2 Å². The third kappa shape index (κ3) is 42.0. The summed E-state index contributed by atoms with van der Waals surface area (Å²) >= 11 is 0. The number of esters is 2. The van der Waals surface area contributed by atoms with Gasteiger partial charge in [-0.2, -0.15) is 0 Å². The Morgan fingerprint density at radius 3 is 1.19 bits per heavy atom. The molecule has 2 N–H and O–H groups in total. The summed E-state index contributed by atoms with van der Waals surface area (Å²) in [5.41, 5.74) is 0. The fourth-order valence-electron chi connectivity index (χ4n) is 6.83. The van der Waals surface area contributed by atoms with Crippen molar-refractivity contribution in [2.75, 3.05) is 13.2 Å². The maximum Gasteiger partial charge on any atom is 0.469 e. The van der Waals surface area contributed by atoms with Gasteiger partial charge in [-0.3, -0.25) is 14.1 Å². The maximum absolute atomic E-state index is 12.4. The summed E-state index contributed by atoms with van der Waals surface area (Å²) in [6.07, 6.45) is 38.2. The van der Waals surface area contributed by atoms with Gasteiger partial charge < -0.3 is 19.3 Å². The minimum atomic E-state index is -4.75. The lowest BCUT2D eigenvalue weighted by Crippen LogP contribution is -2.29. The van der Waals surface area contributed by atoms with Crippen LogP contribution in [0, 0.1) is 11.8 Å². The number of rotatable bonds is 41. The van der Waals surface area contributed by atoms with Crippen LogP contribution < -0.4 is 0 Å². The number of hydrogen-bond donors (Lipinski definition) is 2. The summed E-state index contributed by atoms with van der Waals surface area (Å²) in [5, 5.41) is 0. The lowest BCUT2D eigenvalue weighted by molar-refractivity contribution is -0.161. The number of unbranched alkanes of at least 4 members (excludes halogenated alkanes) is 26. The molecule has 8 nitrogen and oxygen atoms in total. The van der Waals surface area contributed by atoms with Gasteiger partial charge in [-0.15, -0.1) is 0 Å². The highest BCUT2D eigenvalue weighted by Gasteiger charge is 2.23. The van der Waals surface area contributed by atoms with E-state index in [0.29, 0.717) is 6.42 Å². The van der Waals surface area contributed by atoms with Crippen molar-refractivity contribution in [1.82, 2.24) is 0 Å². The van der Waals surface area contributed by atoms with Gasteiger partial charge in [-0.05, 0) is 24.7 Å². The van der Waals surface area contributed by atoms with E-state index in [-0.39, 0.29) is 19.4 Å². The van der Waals surface area contributed by atoms with Gasteiger partial charge >= 0.3 is 19.8 Å². The second-order valence-electron chi connectivity index (χ2n) is 16.5. The van der Waals surface area contributed by atoms with E-state index in [4.69, 9.17) is 19.3 Å². The Labute approximate surface area is 327 Å². The van der Waals surface area contributed by atoms with Gasteiger partial charge in [0.05, 0.1) is 6.61 Å². The molecule has 0 amide bonds. The van der Waals surface area contributed by atoms with E-state index in [1.807, 2.05) is 0 Å². The highest BCUT2D eigenvalue weighted by atomic mass is 31.2. The average Bonchev–Trinajstić information content (AvgIpc) is 3.11. The van der Waals surface area contributed by atoms with Crippen molar-refractivity contribution in [2.45, 2.75) is 246 Å². The Morgan fingerprint density at radius 2 is 0.830 bits per heavy atom. The molecule has 0 saturated carbocycles. The third-order valence-corrected chi connectivity index (χ3v) is 11.1. The minimum absolute atomic E-state index is 0.219. The fraction of sp³-hybridized carbons (Fsp3) is 0.955. The molecular weight excluding hydrogens is 687 g/mol. The zero-order chi connectivity index (χ0) is 39.3. The molecule has 0 spiro atoms. The van der Waals surface area contributed by atoms with Crippen molar-refractivity contribution in [1.29, 1.82) is 0 Å². The molecule has 0 aromatic heterocycles. The van der Waals surface area contributed by atoms with Crippen LogP contribution in [-0.4, -0.2) is 41.0 Å². The molecule has 0 rings (SSSR count). The Balaban J connectivity index is 3.84. The first-order valence-corrected chi connectivity index (χ1v) is 24.1. The number of carbonyl (C=O) groups excluding carboxylic acids is 2. The van der Waals surface area contributed by atoms with Gasteiger partial charge in [0.1, 0.15) is 6.61 Å². The van der Waals surface area contributed by atoms with Crippen LogP contribution in [-0.2, 0) is 28.2 Å². The SMILES string of the molecule is CCC(C)CCCCCCCCCCCCCCCCC(=O)O[C@H](COC(=O)CCCCCCCCCCCCCCCCC(C)C)COP(=O)(O)O. The Morgan fingerprint density at radius 1 is 0.491 bits per heavy atom. The van der Waals surface area contributed by atoms with Crippen LogP contribution in [0.2, 0.25) is 0 Å². The molecule has 316 valence electrons. The van der Waals surface area contributed by atoms with Crippen molar-refractivity contribution in [2.24, 2.45) is 11.8 Å². The Hall–Kier alpha value is -0.950. The van der Waals surface area contributed by atoms with E-state index in [2.05, 4.69) is 32.2 Å². The zero-order valence-electron chi connectivity index (χ0n) is 35.3. The maximum atomic E-state index is 12.4. The van der Waals surface area contributed by atoms with Gasteiger partial charge in [0.15, 0.2) is 6.10 Å². The van der Waals surface area contributed by atoms with Gasteiger partial charge in [-0.1, -0.05) is 214 Å². The largest absolute Gasteiger partial charge is 0.469 e. The molecule has 9 heteroatoms. The van der Waals surface area contributed by atoms with Crippen molar-refractivity contribution in [3.63, 3.8) is 0 Å². The lowest BCUT2D eigenvalue weighted by Gasteiger charge is -2.18. The van der Waals surface area contributed by atoms with Crippen LogP contribution in [0.25, 0.3) is 0 Å². The molecule has 0 heterocycles. The summed E-state index contributed by atoms with van der Waals surface area (Å²) in [6.45, 7) is 8.44. The van der Waals surface area contributed by atoms with Crippen molar-refractivity contribution < 1.29 is 37.9 Å². The quantitative estimate of drug-likeness (QED) is 0.0358. The van der Waals surface area contributed by atoms with Gasteiger partial charge in [0.25, 0.3) is 0 Å². The monoisotopic (exact) mass is 775 g/mol. The van der Waals surface area contributed by atoms with Crippen LogP contribution in [0.5, 0.6) is 0 Å². The Kier molecular flexibility index (Phi) is 37.3. The van der Waals surface area contributed by atoms with E-state index >= 15 is 0 Å². The second kappa shape index (κ2) is 37.9. The molecule has 53 heavy (non-hydrogen) atoms. The van der Waals surface area contributed by atoms with Crippen molar-refractivity contribution in [3.8, 4) is 0 Å². The van der Waals surface area contributed by atoms with Crippen LogP contribution in [0.4, 0.5) is 0 Å². The normalized spacial score (nSPS) is 13.0. The first-order chi connectivity index (χ1) is 25.5. The molecule has 0 bridgehead atoms. The van der Waals surface area contributed by atoms with Crippen molar-refractivity contribution >= 4 is 19.8 Å². The molecule has 1 unspecified atom stereocenters. The first kappa shape index (κ1) is 52.0. The predicted octanol–water partition coefficient (Wildman–Crippen LogP) is 13.7. The van der Waals surface area contributed by atoms with Crippen LogP contribution >= 0.6 is 7.82 Å². The van der Waals surface area contributed by atoms with E-state index < -0.39 is 32.5 Å². The second-order valence-corrected chi connectivity index (χ2v) is 17.7. The van der Waals surface area contributed by atoms with E-state index in [1.165, 1.54) is 161 Å². The number of hydrogen-bond acceptors (Lipinski definition) is 6. The van der Waals surface area contributed by atoms with Gasteiger partial charge in [0, 0.05) is 12.8 Å². The summed E-state index contributed by atoms with van der Waals surface area (Å²) in [6, 6.07) is 0. The average molecular weight is 775 g/mol. The molecule has 0 radical (unpaired) electrons. The number of phosphoric acid groups is 1. The standard InChI is InChI=1S/C44H87O8P/c1-5-41(4)35-31-27-23-19-15-11-7-9-13-17-21-25-29-33-37-44(46)52-42(39-51-53(47,48)49)38-50-43(45)36-32-28-24-20-16-12-8-6-10-14-18-22-26-30-34-40(2)3/h40-42H,5-39H2,1-4H3,(H2,47,48,49)/t41?,42-/m1/s1. The molecule has 0 aromatic carbocycles. The third-order valence-electron chi connectivity index (χ3n) is 10.6.